The van der Waals surface area contributed by atoms with Gasteiger partial charge in [0.1, 0.15) is 0 Å². The van der Waals surface area contributed by atoms with Crippen LogP contribution in [0.2, 0.25) is 0 Å². The standard InChI is InChI=1S/C12H18N2/c1-2-6-14-11-4-3-5-12(14)8-10(7-11)9-13/h2,10-12H,1,3-8H2. The monoisotopic (exact) mass is 190 g/mol. The molecule has 2 rings (SSSR count). The zero-order valence-corrected chi connectivity index (χ0v) is 8.65. The number of hydrogen-bond acceptors (Lipinski definition) is 2. The molecule has 2 atom stereocenters. The maximum absolute atomic E-state index is 8.97. The zero-order valence-electron chi connectivity index (χ0n) is 8.65. The van der Waals surface area contributed by atoms with Crippen LogP contribution in [0, 0.1) is 17.2 Å². The highest BCUT2D eigenvalue weighted by atomic mass is 15.2. The van der Waals surface area contributed by atoms with Crippen molar-refractivity contribution < 1.29 is 0 Å². The van der Waals surface area contributed by atoms with Crippen molar-refractivity contribution in [3.8, 4) is 6.07 Å². The van der Waals surface area contributed by atoms with E-state index in [-0.39, 0.29) is 0 Å². The molecule has 2 heteroatoms. The molecule has 0 saturated carbocycles. The Labute approximate surface area is 86.2 Å². The minimum Gasteiger partial charge on any atom is -0.294 e. The van der Waals surface area contributed by atoms with Crippen LogP contribution in [0.3, 0.4) is 0 Å². The lowest BCUT2D eigenvalue weighted by atomic mass is 9.79. The summed E-state index contributed by atoms with van der Waals surface area (Å²) in [7, 11) is 0. The number of nitriles is 1. The Hall–Kier alpha value is -0.810. The Balaban J connectivity index is 2.07. The number of piperidine rings is 2. The van der Waals surface area contributed by atoms with Gasteiger partial charge in [-0.15, -0.1) is 6.58 Å². The van der Waals surface area contributed by atoms with E-state index >= 15 is 0 Å². The zero-order chi connectivity index (χ0) is 9.97. The van der Waals surface area contributed by atoms with E-state index in [2.05, 4.69) is 17.5 Å². The van der Waals surface area contributed by atoms with E-state index in [9.17, 15) is 0 Å². The lowest BCUT2D eigenvalue weighted by Gasteiger charge is -2.47. The molecule has 0 spiro atoms. The van der Waals surface area contributed by atoms with Gasteiger partial charge in [0.25, 0.3) is 0 Å². The summed E-state index contributed by atoms with van der Waals surface area (Å²) in [5.74, 6) is 0.311. The highest BCUT2D eigenvalue weighted by molar-refractivity contribution is 5.00. The van der Waals surface area contributed by atoms with E-state index in [0.717, 1.165) is 19.4 Å². The predicted octanol–water partition coefficient (Wildman–Crippen LogP) is 2.33. The van der Waals surface area contributed by atoms with Gasteiger partial charge in [0.05, 0.1) is 6.07 Å². The molecule has 2 saturated heterocycles. The van der Waals surface area contributed by atoms with Crippen molar-refractivity contribution in [2.24, 2.45) is 5.92 Å². The molecule has 2 aliphatic heterocycles. The van der Waals surface area contributed by atoms with Gasteiger partial charge in [-0.05, 0) is 25.7 Å². The molecule has 0 radical (unpaired) electrons. The third-order valence-corrected chi connectivity index (χ3v) is 3.65. The van der Waals surface area contributed by atoms with Crippen molar-refractivity contribution in [1.29, 1.82) is 5.26 Å². The van der Waals surface area contributed by atoms with Crippen LogP contribution in [0.5, 0.6) is 0 Å². The number of rotatable bonds is 2. The average Bonchev–Trinajstić information content (AvgIpc) is 2.17. The fraction of sp³-hybridized carbons (Fsp3) is 0.750. The van der Waals surface area contributed by atoms with Crippen molar-refractivity contribution in [3.05, 3.63) is 12.7 Å². The summed E-state index contributed by atoms with van der Waals surface area (Å²) >= 11 is 0. The molecule has 2 aliphatic rings. The van der Waals surface area contributed by atoms with Crippen molar-refractivity contribution in [2.75, 3.05) is 6.54 Å². The first kappa shape index (κ1) is 9.73. The van der Waals surface area contributed by atoms with Crippen LogP contribution in [-0.4, -0.2) is 23.5 Å². The number of nitrogens with zero attached hydrogens (tertiary/aromatic N) is 2. The first-order valence-corrected chi connectivity index (χ1v) is 5.61. The molecule has 2 fully saturated rings. The Morgan fingerprint density at radius 2 is 2.00 bits per heavy atom. The van der Waals surface area contributed by atoms with Crippen LogP contribution in [-0.2, 0) is 0 Å². The summed E-state index contributed by atoms with van der Waals surface area (Å²) in [4.78, 5) is 2.56. The summed E-state index contributed by atoms with van der Waals surface area (Å²) < 4.78 is 0. The van der Waals surface area contributed by atoms with Gasteiger partial charge in [-0.1, -0.05) is 12.5 Å². The minimum absolute atomic E-state index is 0.311. The average molecular weight is 190 g/mol. The fourth-order valence-corrected chi connectivity index (χ4v) is 3.03. The Morgan fingerprint density at radius 1 is 1.36 bits per heavy atom. The summed E-state index contributed by atoms with van der Waals surface area (Å²) in [5.41, 5.74) is 0. The Kier molecular flexibility index (Phi) is 2.88. The summed E-state index contributed by atoms with van der Waals surface area (Å²) in [6.07, 6.45) is 8.08. The predicted molar refractivity (Wildman–Crippen MR) is 56.7 cm³/mol. The van der Waals surface area contributed by atoms with E-state index in [1.807, 2.05) is 6.08 Å². The smallest absolute Gasteiger partial charge is 0.0657 e. The normalized spacial score (nSPS) is 37.5. The van der Waals surface area contributed by atoms with Crippen LogP contribution in [0.25, 0.3) is 0 Å². The topological polar surface area (TPSA) is 27.0 Å². The van der Waals surface area contributed by atoms with Crippen LogP contribution in [0.1, 0.15) is 32.1 Å². The van der Waals surface area contributed by atoms with Gasteiger partial charge in [-0.25, -0.2) is 0 Å². The molecule has 2 heterocycles. The van der Waals surface area contributed by atoms with E-state index in [4.69, 9.17) is 5.26 Å². The lowest BCUT2D eigenvalue weighted by Crippen LogP contribution is -2.51. The van der Waals surface area contributed by atoms with Gasteiger partial charge >= 0.3 is 0 Å². The highest BCUT2D eigenvalue weighted by Crippen LogP contribution is 2.36. The summed E-state index contributed by atoms with van der Waals surface area (Å²) in [6, 6.07) is 3.76. The molecule has 2 unspecified atom stereocenters. The summed E-state index contributed by atoms with van der Waals surface area (Å²) in [6.45, 7) is 4.82. The maximum Gasteiger partial charge on any atom is 0.0657 e. The SMILES string of the molecule is C=CCN1C2CCCC1CC(C#N)C2. The molecule has 0 N–H and O–H groups in total. The molecule has 2 nitrogen and oxygen atoms in total. The van der Waals surface area contributed by atoms with E-state index in [0.29, 0.717) is 18.0 Å². The number of fused-ring (bicyclic) bond motifs is 2. The van der Waals surface area contributed by atoms with Crippen molar-refractivity contribution >= 4 is 0 Å². The molecule has 0 aromatic carbocycles. The third kappa shape index (κ3) is 1.69. The van der Waals surface area contributed by atoms with Crippen LogP contribution in [0.4, 0.5) is 0 Å². The molecule has 14 heavy (non-hydrogen) atoms. The van der Waals surface area contributed by atoms with E-state index in [1.165, 1.54) is 19.3 Å². The highest BCUT2D eigenvalue weighted by Gasteiger charge is 2.37. The first-order chi connectivity index (χ1) is 6.85. The largest absolute Gasteiger partial charge is 0.294 e. The van der Waals surface area contributed by atoms with Crippen LogP contribution >= 0.6 is 0 Å². The second-order valence-electron chi connectivity index (χ2n) is 4.52. The van der Waals surface area contributed by atoms with Gasteiger partial charge in [-0.3, -0.25) is 4.90 Å². The molecule has 0 aromatic rings. The maximum atomic E-state index is 8.97. The lowest BCUT2D eigenvalue weighted by molar-refractivity contribution is 0.0362. The second kappa shape index (κ2) is 4.14. The first-order valence-electron chi connectivity index (χ1n) is 5.61. The molecule has 2 bridgehead atoms. The van der Waals surface area contributed by atoms with E-state index < -0.39 is 0 Å². The molecular weight excluding hydrogens is 172 g/mol. The second-order valence-corrected chi connectivity index (χ2v) is 4.52. The van der Waals surface area contributed by atoms with Crippen LogP contribution < -0.4 is 0 Å². The Morgan fingerprint density at radius 3 is 2.50 bits per heavy atom. The molecule has 0 amide bonds. The van der Waals surface area contributed by atoms with Gasteiger partial charge < -0.3 is 0 Å². The van der Waals surface area contributed by atoms with E-state index in [1.54, 1.807) is 0 Å². The van der Waals surface area contributed by atoms with Gasteiger partial charge in [0, 0.05) is 24.5 Å². The van der Waals surface area contributed by atoms with Crippen molar-refractivity contribution in [2.45, 2.75) is 44.2 Å². The molecule has 0 aromatic heterocycles. The molecule has 76 valence electrons. The molecule has 0 aliphatic carbocycles. The third-order valence-electron chi connectivity index (χ3n) is 3.65. The number of hydrogen-bond donors (Lipinski definition) is 0. The minimum atomic E-state index is 0.311. The fourth-order valence-electron chi connectivity index (χ4n) is 3.03. The van der Waals surface area contributed by atoms with Gasteiger partial charge in [0.2, 0.25) is 0 Å². The van der Waals surface area contributed by atoms with Gasteiger partial charge in [-0.2, -0.15) is 5.26 Å². The molecular formula is C12H18N2. The van der Waals surface area contributed by atoms with Crippen molar-refractivity contribution in [3.63, 3.8) is 0 Å². The van der Waals surface area contributed by atoms with Gasteiger partial charge in [0.15, 0.2) is 0 Å². The van der Waals surface area contributed by atoms with Crippen molar-refractivity contribution in [1.82, 2.24) is 4.90 Å². The van der Waals surface area contributed by atoms with Crippen LogP contribution in [0.15, 0.2) is 12.7 Å². The summed E-state index contributed by atoms with van der Waals surface area (Å²) in [5, 5.41) is 8.97. The Bertz CT molecular complexity index is 240. The quantitative estimate of drug-likeness (QED) is 0.625.